The molecule has 284 valence electrons. The smallest absolute Gasteiger partial charge is 0.0546 e. The van der Waals surface area contributed by atoms with Crippen molar-refractivity contribution >= 4 is 67.8 Å². The third-order valence-electron chi connectivity index (χ3n) is 11.2. The van der Waals surface area contributed by atoms with E-state index in [4.69, 9.17) is 0 Å². The van der Waals surface area contributed by atoms with Gasteiger partial charge in [0.15, 0.2) is 0 Å². The lowest BCUT2D eigenvalue weighted by atomic mass is 9.99. The third-order valence-corrected chi connectivity index (χ3v) is 11.2. The molecular formula is C58H42N2. The van der Waals surface area contributed by atoms with Crippen molar-refractivity contribution in [2.45, 2.75) is 0 Å². The summed E-state index contributed by atoms with van der Waals surface area (Å²) in [6.07, 6.45) is 4.39. The second-order valence-corrected chi connectivity index (χ2v) is 15.0. The molecule has 10 aromatic carbocycles. The Morgan fingerprint density at radius 3 is 1.10 bits per heavy atom. The molecule has 0 unspecified atom stereocenters. The summed E-state index contributed by atoms with van der Waals surface area (Å²) in [6, 6.07) is 86.8. The van der Waals surface area contributed by atoms with Gasteiger partial charge in [-0.1, -0.05) is 188 Å². The Morgan fingerprint density at radius 1 is 0.250 bits per heavy atom. The average Bonchev–Trinajstić information content (AvgIpc) is 3.33. The van der Waals surface area contributed by atoms with Gasteiger partial charge in [0.1, 0.15) is 0 Å². The van der Waals surface area contributed by atoms with Crippen molar-refractivity contribution in [1.82, 2.24) is 0 Å². The first-order chi connectivity index (χ1) is 29.7. The molecule has 0 radical (unpaired) electrons. The van der Waals surface area contributed by atoms with Gasteiger partial charge in [-0.05, 0) is 116 Å². The topological polar surface area (TPSA) is 6.48 Å². The van der Waals surface area contributed by atoms with Crippen LogP contribution < -0.4 is 9.80 Å². The first-order valence-corrected chi connectivity index (χ1v) is 20.5. The molecule has 0 amide bonds. The maximum absolute atomic E-state index is 2.37. The number of hydrogen-bond acceptors (Lipinski definition) is 2. The zero-order chi connectivity index (χ0) is 40.1. The van der Waals surface area contributed by atoms with Crippen LogP contribution in [0, 0.1) is 0 Å². The standard InChI is InChI=1S/C58H42N2/c1-4-14-45(15-5-1)47-30-38-52(39-31-47)59(53-40-32-48(33-41-53)46-16-6-2-7-17-46)51-34-26-43(27-35-51)24-25-44-28-36-54(37-29-44)60(50-19-8-3-9-20-50)58-42-49-18-10-11-21-55(49)56-22-12-13-23-57(56)58/h1-42H/b25-24+. The number of anilines is 6. The van der Waals surface area contributed by atoms with E-state index in [1.165, 1.54) is 43.8 Å². The number of rotatable bonds is 10. The van der Waals surface area contributed by atoms with Crippen molar-refractivity contribution in [2.24, 2.45) is 0 Å². The van der Waals surface area contributed by atoms with Crippen molar-refractivity contribution in [2.75, 3.05) is 9.80 Å². The molecule has 0 aromatic heterocycles. The number of para-hydroxylation sites is 1. The second-order valence-electron chi connectivity index (χ2n) is 15.0. The fourth-order valence-corrected chi connectivity index (χ4v) is 8.20. The summed E-state index contributed by atoms with van der Waals surface area (Å²) in [5.74, 6) is 0. The normalized spacial score (nSPS) is 11.3. The lowest BCUT2D eigenvalue weighted by Crippen LogP contribution is -2.10. The van der Waals surface area contributed by atoms with Crippen LogP contribution in [0.5, 0.6) is 0 Å². The van der Waals surface area contributed by atoms with Crippen LogP contribution in [0.25, 0.3) is 56.0 Å². The van der Waals surface area contributed by atoms with Gasteiger partial charge in [-0.25, -0.2) is 0 Å². The molecule has 60 heavy (non-hydrogen) atoms. The van der Waals surface area contributed by atoms with E-state index in [0.29, 0.717) is 0 Å². The van der Waals surface area contributed by atoms with Crippen LogP contribution >= 0.6 is 0 Å². The minimum absolute atomic E-state index is 1.10. The molecule has 0 aliphatic carbocycles. The van der Waals surface area contributed by atoms with Crippen molar-refractivity contribution in [3.8, 4) is 22.3 Å². The van der Waals surface area contributed by atoms with E-state index in [1.54, 1.807) is 0 Å². The first kappa shape index (κ1) is 36.4. The Morgan fingerprint density at radius 2 is 0.600 bits per heavy atom. The Bertz CT molecular complexity index is 2950. The highest BCUT2D eigenvalue weighted by atomic mass is 15.1. The zero-order valence-electron chi connectivity index (χ0n) is 33.1. The van der Waals surface area contributed by atoms with Gasteiger partial charge in [-0.2, -0.15) is 0 Å². The van der Waals surface area contributed by atoms with Crippen LogP contribution in [0.2, 0.25) is 0 Å². The van der Waals surface area contributed by atoms with E-state index < -0.39 is 0 Å². The highest BCUT2D eigenvalue weighted by molar-refractivity contribution is 6.14. The monoisotopic (exact) mass is 766 g/mol. The highest BCUT2D eigenvalue weighted by Gasteiger charge is 2.17. The molecule has 0 aliphatic heterocycles. The predicted octanol–water partition coefficient (Wildman–Crippen LogP) is 16.4. The zero-order valence-corrected chi connectivity index (χ0v) is 33.1. The number of hydrogen-bond donors (Lipinski definition) is 0. The predicted molar refractivity (Wildman–Crippen MR) is 257 cm³/mol. The van der Waals surface area contributed by atoms with Crippen molar-refractivity contribution < 1.29 is 0 Å². The minimum atomic E-state index is 1.10. The molecule has 0 spiro atoms. The van der Waals surface area contributed by atoms with Crippen molar-refractivity contribution in [3.63, 3.8) is 0 Å². The van der Waals surface area contributed by atoms with Gasteiger partial charge in [-0.3, -0.25) is 0 Å². The van der Waals surface area contributed by atoms with E-state index in [1.807, 2.05) is 0 Å². The summed E-state index contributed by atoms with van der Waals surface area (Å²) < 4.78 is 0. The lowest BCUT2D eigenvalue weighted by Gasteiger charge is -2.27. The Hall–Kier alpha value is -7.94. The Balaban J connectivity index is 0.940. The minimum Gasteiger partial charge on any atom is -0.311 e. The largest absolute Gasteiger partial charge is 0.311 e. The van der Waals surface area contributed by atoms with Crippen LogP contribution in [-0.2, 0) is 0 Å². The molecule has 0 bridgehead atoms. The van der Waals surface area contributed by atoms with Crippen LogP contribution in [-0.4, -0.2) is 0 Å². The molecule has 0 N–H and O–H groups in total. The third kappa shape index (κ3) is 7.46. The summed E-state index contributed by atoms with van der Waals surface area (Å²) >= 11 is 0. The molecule has 0 aliphatic rings. The van der Waals surface area contributed by atoms with Gasteiger partial charge in [0.2, 0.25) is 0 Å². The quantitative estimate of drug-likeness (QED) is 0.101. The summed E-state index contributed by atoms with van der Waals surface area (Å²) in [5.41, 5.74) is 13.8. The van der Waals surface area contributed by atoms with Crippen LogP contribution in [0.15, 0.2) is 243 Å². The van der Waals surface area contributed by atoms with E-state index in [0.717, 1.165) is 45.3 Å². The molecule has 0 saturated heterocycles. The first-order valence-electron chi connectivity index (χ1n) is 20.5. The molecule has 2 nitrogen and oxygen atoms in total. The van der Waals surface area contributed by atoms with Crippen LogP contribution in [0.1, 0.15) is 11.1 Å². The SMILES string of the molecule is C(=C\c1ccc(N(c2ccccc2)c2cc3ccccc3c3ccccc23)cc1)/c1ccc(N(c2ccc(-c3ccccc3)cc2)c2ccc(-c3ccccc3)cc2)cc1. The fourth-order valence-electron chi connectivity index (χ4n) is 8.20. The van der Waals surface area contributed by atoms with Gasteiger partial charge < -0.3 is 9.80 Å². The van der Waals surface area contributed by atoms with Gasteiger partial charge in [0.05, 0.1) is 5.69 Å². The van der Waals surface area contributed by atoms with Crippen molar-refractivity contribution in [3.05, 3.63) is 254 Å². The summed E-state index contributed by atoms with van der Waals surface area (Å²) in [5, 5.41) is 4.96. The fraction of sp³-hybridized carbons (Fsp3) is 0. The van der Waals surface area contributed by atoms with Gasteiger partial charge in [-0.15, -0.1) is 0 Å². The summed E-state index contributed by atoms with van der Waals surface area (Å²) in [6.45, 7) is 0. The number of benzene rings is 10. The number of fused-ring (bicyclic) bond motifs is 3. The van der Waals surface area contributed by atoms with E-state index in [2.05, 4.69) is 265 Å². The highest BCUT2D eigenvalue weighted by Crippen LogP contribution is 2.42. The maximum atomic E-state index is 2.37. The van der Waals surface area contributed by atoms with Gasteiger partial charge >= 0.3 is 0 Å². The maximum Gasteiger partial charge on any atom is 0.0546 e. The van der Waals surface area contributed by atoms with E-state index >= 15 is 0 Å². The molecule has 10 rings (SSSR count). The lowest BCUT2D eigenvalue weighted by molar-refractivity contribution is 1.28. The second kappa shape index (κ2) is 16.5. The van der Waals surface area contributed by atoms with Crippen LogP contribution in [0.4, 0.5) is 34.1 Å². The summed E-state index contributed by atoms with van der Waals surface area (Å²) in [4.78, 5) is 4.70. The molecule has 2 heteroatoms. The Labute approximate surface area is 352 Å². The van der Waals surface area contributed by atoms with Gasteiger partial charge in [0, 0.05) is 33.8 Å². The van der Waals surface area contributed by atoms with Crippen LogP contribution in [0.3, 0.4) is 0 Å². The molecule has 0 heterocycles. The molecule has 0 saturated carbocycles. The molecule has 10 aromatic rings. The number of nitrogens with zero attached hydrogens (tertiary/aromatic N) is 2. The molecular weight excluding hydrogens is 725 g/mol. The van der Waals surface area contributed by atoms with E-state index in [-0.39, 0.29) is 0 Å². The van der Waals surface area contributed by atoms with Crippen molar-refractivity contribution in [1.29, 1.82) is 0 Å². The molecule has 0 atom stereocenters. The van der Waals surface area contributed by atoms with E-state index in [9.17, 15) is 0 Å². The molecule has 0 fully saturated rings. The van der Waals surface area contributed by atoms with Gasteiger partial charge in [0.25, 0.3) is 0 Å². The average molecular weight is 767 g/mol. The summed E-state index contributed by atoms with van der Waals surface area (Å²) in [7, 11) is 0. The Kier molecular flexibility index (Phi) is 10.0.